The normalized spacial score (nSPS) is 23.5. The molecule has 3 aliphatic rings. The van der Waals surface area contributed by atoms with Crippen molar-refractivity contribution >= 4 is 22.9 Å². The van der Waals surface area contributed by atoms with E-state index in [-0.39, 0.29) is 11.9 Å². The molecular formula is C17H19N7OS. The Morgan fingerprint density at radius 2 is 2.19 bits per heavy atom. The first-order chi connectivity index (χ1) is 12.8. The minimum atomic E-state index is 0.0765. The molecule has 9 heteroatoms. The van der Waals surface area contributed by atoms with Gasteiger partial charge in [-0.05, 0) is 41.3 Å². The molecule has 6 heterocycles. The first-order valence-corrected chi connectivity index (χ1v) is 9.79. The first kappa shape index (κ1) is 15.8. The molecule has 3 saturated heterocycles. The highest BCUT2D eigenvalue weighted by molar-refractivity contribution is 7.07. The van der Waals surface area contributed by atoms with E-state index in [1.807, 2.05) is 11.6 Å². The van der Waals surface area contributed by atoms with Crippen molar-refractivity contribution in [3.63, 3.8) is 0 Å². The molecule has 0 aromatic carbocycles. The largest absolute Gasteiger partial charge is 0.334 e. The third-order valence-electron chi connectivity index (χ3n) is 5.36. The Hall–Kier alpha value is -2.39. The van der Waals surface area contributed by atoms with Gasteiger partial charge in [0.15, 0.2) is 5.65 Å². The van der Waals surface area contributed by atoms with Crippen molar-refractivity contribution in [1.82, 2.24) is 34.8 Å². The summed E-state index contributed by atoms with van der Waals surface area (Å²) in [6, 6.07) is 3.86. The van der Waals surface area contributed by atoms with Gasteiger partial charge in [0.1, 0.15) is 0 Å². The molecule has 26 heavy (non-hydrogen) atoms. The van der Waals surface area contributed by atoms with Crippen LogP contribution in [0.3, 0.4) is 0 Å². The molecule has 0 N–H and O–H groups in total. The van der Waals surface area contributed by atoms with Crippen LogP contribution in [0.4, 0.5) is 0 Å². The molecule has 0 spiro atoms. The molecular weight excluding hydrogens is 350 g/mol. The molecule has 0 radical (unpaired) electrons. The van der Waals surface area contributed by atoms with Crippen molar-refractivity contribution in [2.24, 2.45) is 5.92 Å². The number of amides is 1. The summed E-state index contributed by atoms with van der Waals surface area (Å²) in [5, 5.41) is 13.5. The summed E-state index contributed by atoms with van der Waals surface area (Å²) in [6.45, 7) is 3.64. The van der Waals surface area contributed by atoms with Crippen LogP contribution in [0.2, 0.25) is 0 Å². The van der Waals surface area contributed by atoms with Crippen molar-refractivity contribution < 1.29 is 4.79 Å². The summed E-state index contributed by atoms with van der Waals surface area (Å²) in [6.07, 6.45) is 3.98. The van der Waals surface area contributed by atoms with Gasteiger partial charge in [0.05, 0.1) is 16.8 Å². The second kappa shape index (κ2) is 6.40. The molecule has 2 bridgehead atoms. The number of aromatic nitrogens is 5. The fourth-order valence-electron chi connectivity index (χ4n) is 4.14. The maximum absolute atomic E-state index is 13.1. The fourth-order valence-corrected chi connectivity index (χ4v) is 4.68. The second-order valence-corrected chi connectivity index (χ2v) is 7.85. The van der Waals surface area contributed by atoms with E-state index in [2.05, 4.69) is 35.7 Å². The van der Waals surface area contributed by atoms with Crippen LogP contribution < -0.4 is 0 Å². The Bertz CT molecular complexity index is 924. The van der Waals surface area contributed by atoms with Gasteiger partial charge in [-0.3, -0.25) is 9.69 Å². The minimum absolute atomic E-state index is 0.0765. The summed E-state index contributed by atoms with van der Waals surface area (Å²) in [5.74, 6) is 0.598. The van der Waals surface area contributed by atoms with Crippen LogP contribution >= 0.6 is 11.3 Å². The highest BCUT2D eigenvalue weighted by Gasteiger charge is 2.37. The monoisotopic (exact) mass is 369 g/mol. The van der Waals surface area contributed by atoms with E-state index in [9.17, 15) is 4.79 Å². The summed E-state index contributed by atoms with van der Waals surface area (Å²) in [5.41, 5.74) is 4.29. The Labute approximate surface area is 154 Å². The van der Waals surface area contributed by atoms with Gasteiger partial charge in [-0.15, -0.1) is 16.4 Å². The van der Waals surface area contributed by atoms with Gasteiger partial charge in [0, 0.05) is 43.8 Å². The smallest absolute Gasteiger partial charge is 0.255 e. The van der Waals surface area contributed by atoms with Gasteiger partial charge in [-0.25, -0.2) is 4.98 Å². The number of piperidine rings is 1. The number of hydrogen-bond acceptors (Lipinski definition) is 7. The minimum Gasteiger partial charge on any atom is -0.334 e. The summed E-state index contributed by atoms with van der Waals surface area (Å²) < 4.78 is 1.55. The van der Waals surface area contributed by atoms with Crippen LogP contribution in [-0.2, 0) is 6.54 Å². The van der Waals surface area contributed by atoms with Crippen molar-refractivity contribution in [2.45, 2.75) is 25.4 Å². The Kier molecular flexibility index (Phi) is 3.90. The molecule has 3 aliphatic heterocycles. The fraction of sp³-hybridized carbons (Fsp3) is 0.471. The molecule has 8 nitrogen and oxygen atoms in total. The lowest BCUT2D eigenvalue weighted by Gasteiger charge is -2.36. The number of pyridine rings is 1. The molecule has 134 valence electrons. The van der Waals surface area contributed by atoms with Crippen LogP contribution in [0.25, 0.3) is 5.65 Å². The van der Waals surface area contributed by atoms with E-state index < -0.39 is 0 Å². The lowest BCUT2D eigenvalue weighted by Crippen LogP contribution is -2.47. The molecule has 3 aromatic heterocycles. The number of carbonyl (C=O) groups excluding carboxylic acids is 1. The van der Waals surface area contributed by atoms with Crippen LogP contribution in [0.1, 0.15) is 28.9 Å². The highest BCUT2D eigenvalue weighted by atomic mass is 32.1. The standard InChI is InChI=1S/C17H19N7OS/c25-17(13-2-4-16-19-20-21-24(16)7-13)23-6-12-1-3-15(23)9-22(5-12)8-14-10-26-11-18-14/h2,4,7,10-12,15H,1,3,5-6,8-9H2/t12-,15+/m0/s1. The number of fused-ring (bicyclic) bond motifs is 5. The van der Waals surface area contributed by atoms with Crippen molar-refractivity contribution in [2.75, 3.05) is 19.6 Å². The second-order valence-electron chi connectivity index (χ2n) is 7.13. The molecule has 0 unspecified atom stereocenters. The van der Waals surface area contributed by atoms with Gasteiger partial charge in [0.25, 0.3) is 5.91 Å². The molecule has 0 aliphatic carbocycles. The summed E-state index contributed by atoms with van der Waals surface area (Å²) in [7, 11) is 0. The number of hydrogen-bond donors (Lipinski definition) is 0. The highest BCUT2D eigenvalue weighted by Crippen LogP contribution is 2.30. The van der Waals surface area contributed by atoms with Crippen molar-refractivity contribution in [3.05, 3.63) is 40.5 Å². The molecule has 6 rings (SSSR count). The quantitative estimate of drug-likeness (QED) is 0.693. The van der Waals surface area contributed by atoms with Crippen molar-refractivity contribution in [3.8, 4) is 0 Å². The number of tetrazole rings is 1. The third kappa shape index (κ3) is 2.86. The predicted molar refractivity (Wildman–Crippen MR) is 95.7 cm³/mol. The van der Waals surface area contributed by atoms with E-state index in [0.29, 0.717) is 17.1 Å². The van der Waals surface area contributed by atoms with Gasteiger partial charge in [-0.1, -0.05) is 0 Å². The molecule has 1 amide bonds. The lowest BCUT2D eigenvalue weighted by molar-refractivity contribution is 0.0584. The topological polar surface area (TPSA) is 79.5 Å². The van der Waals surface area contributed by atoms with Gasteiger partial charge < -0.3 is 4.90 Å². The van der Waals surface area contributed by atoms with Crippen LogP contribution in [0, 0.1) is 5.92 Å². The Morgan fingerprint density at radius 3 is 3.08 bits per heavy atom. The SMILES string of the molecule is O=C(c1ccc2nnnn2c1)N1C[C@H]2CC[C@@H]1CN(Cc1cscn1)C2. The molecule has 3 fully saturated rings. The average Bonchev–Trinajstić information content (AvgIpc) is 3.26. The number of thiazole rings is 1. The zero-order chi connectivity index (χ0) is 17.5. The average molecular weight is 369 g/mol. The summed E-state index contributed by atoms with van der Waals surface area (Å²) >= 11 is 1.63. The van der Waals surface area contributed by atoms with E-state index >= 15 is 0 Å². The maximum Gasteiger partial charge on any atom is 0.255 e. The van der Waals surface area contributed by atoms with E-state index in [1.165, 1.54) is 6.42 Å². The molecule has 3 aromatic rings. The van der Waals surface area contributed by atoms with Gasteiger partial charge in [-0.2, -0.15) is 4.52 Å². The summed E-state index contributed by atoms with van der Waals surface area (Å²) in [4.78, 5) is 22.1. The number of nitrogens with zero attached hydrogens (tertiary/aromatic N) is 7. The molecule has 2 atom stereocenters. The van der Waals surface area contributed by atoms with Crippen LogP contribution in [-0.4, -0.2) is 66.4 Å². The van der Waals surface area contributed by atoms with E-state index in [1.54, 1.807) is 28.1 Å². The van der Waals surface area contributed by atoms with Gasteiger partial charge >= 0.3 is 0 Å². The van der Waals surface area contributed by atoms with Crippen molar-refractivity contribution in [1.29, 1.82) is 0 Å². The zero-order valence-electron chi connectivity index (χ0n) is 14.2. The third-order valence-corrected chi connectivity index (χ3v) is 5.99. The molecule has 0 saturated carbocycles. The first-order valence-electron chi connectivity index (χ1n) is 8.84. The van der Waals surface area contributed by atoms with E-state index in [4.69, 9.17) is 0 Å². The number of rotatable bonds is 3. The van der Waals surface area contributed by atoms with E-state index in [0.717, 1.165) is 38.3 Å². The van der Waals surface area contributed by atoms with Crippen LogP contribution in [0.15, 0.2) is 29.2 Å². The van der Waals surface area contributed by atoms with Crippen LogP contribution in [0.5, 0.6) is 0 Å². The van der Waals surface area contributed by atoms with Gasteiger partial charge in [0.2, 0.25) is 0 Å². The Morgan fingerprint density at radius 1 is 1.23 bits per heavy atom. The number of carbonyl (C=O) groups is 1. The maximum atomic E-state index is 13.1. The zero-order valence-corrected chi connectivity index (χ0v) is 15.0. The lowest BCUT2D eigenvalue weighted by atomic mass is 9.94. The predicted octanol–water partition coefficient (Wildman–Crippen LogP) is 1.32. The Balaban J connectivity index is 1.37.